The van der Waals surface area contributed by atoms with Crippen molar-refractivity contribution in [1.82, 2.24) is 10.6 Å². The SMILES string of the molecule is CC(C)CC(N)C(=O)c1ccccc1CC(NC(=O)CNC(=O)OCc1ccccc1)C(=O)O.O=CCCl. The number of halogens is 1. The summed E-state index contributed by atoms with van der Waals surface area (Å²) in [5, 5.41) is 14.2. The van der Waals surface area contributed by atoms with Crippen molar-refractivity contribution in [2.75, 3.05) is 12.4 Å². The average molecular weight is 548 g/mol. The Balaban J connectivity index is 0.00000168. The Morgan fingerprint density at radius 2 is 1.66 bits per heavy atom. The Hall–Kier alpha value is -3.76. The number of nitrogens with one attached hydrogen (secondary N) is 2. The van der Waals surface area contributed by atoms with E-state index in [1.807, 2.05) is 19.9 Å². The zero-order valence-corrected chi connectivity index (χ0v) is 22.1. The van der Waals surface area contributed by atoms with E-state index in [4.69, 9.17) is 26.9 Å². The fraction of sp³-hybridized carbons (Fsp3) is 0.370. The van der Waals surface area contributed by atoms with Crippen molar-refractivity contribution < 1.29 is 33.8 Å². The molecule has 0 bridgehead atoms. The molecule has 2 aromatic rings. The summed E-state index contributed by atoms with van der Waals surface area (Å²) in [4.78, 5) is 57.7. The van der Waals surface area contributed by atoms with Gasteiger partial charge in [-0.25, -0.2) is 9.59 Å². The Morgan fingerprint density at radius 3 is 2.24 bits per heavy atom. The Morgan fingerprint density at radius 1 is 1.05 bits per heavy atom. The average Bonchev–Trinajstić information content (AvgIpc) is 2.90. The molecule has 38 heavy (non-hydrogen) atoms. The van der Waals surface area contributed by atoms with Gasteiger partial charge in [-0.3, -0.25) is 9.59 Å². The predicted molar refractivity (Wildman–Crippen MR) is 143 cm³/mol. The lowest BCUT2D eigenvalue weighted by atomic mass is 9.91. The van der Waals surface area contributed by atoms with Crippen molar-refractivity contribution in [2.24, 2.45) is 11.7 Å². The van der Waals surface area contributed by atoms with Crippen LogP contribution in [0.4, 0.5) is 4.79 Å². The van der Waals surface area contributed by atoms with Gasteiger partial charge < -0.3 is 31.0 Å². The minimum Gasteiger partial charge on any atom is -0.480 e. The van der Waals surface area contributed by atoms with E-state index in [2.05, 4.69) is 10.6 Å². The molecule has 2 atom stereocenters. The lowest BCUT2D eigenvalue weighted by molar-refractivity contribution is -0.141. The summed E-state index contributed by atoms with van der Waals surface area (Å²) >= 11 is 4.82. The number of benzene rings is 2. The molecule has 0 fully saturated rings. The first-order valence-corrected chi connectivity index (χ1v) is 12.5. The molecule has 0 saturated heterocycles. The molecule has 0 radical (unpaired) electrons. The van der Waals surface area contributed by atoms with Gasteiger partial charge >= 0.3 is 12.1 Å². The second-order valence-electron chi connectivity index (χ2n) is 8.66. The fourth-order valence-corrected chi connectivity index (χ4v) is 3.35. The summed E-state index contributed by atoms with van der Waals surface area (Å²) in [6.45, 7) is 3.49. The van der Waals surface area contributed by atoms with E-state index in [-0.39, 0.29) is 30.6 Å². The molecule has 0 aromatic heterocycles. The van der Waals surface area contributed by atoms with Gasteiger partial charge in [0, 0.05) is 12.0 Å². The number of aliphatic carboxylic acids is 1. The number of carboxylic acids is 1. The van der Waals surface area contributed by atoms with E-state index in [0.717, 1.165) is 5.56 Å². The van der Waals surface area contributed by atoms with Crippen LogP contribution in [-0.2, 0) is 32.1 Å². The minimum absolute atomic E-state index is 0.0375. The third kappa shape index (κ3) is 12.5. The highest BCUT2D eigenvalue weighted by Gasteiger charge is 2.25. The van der Waals surface area contributed by atoms with E-state index >= 15 is 0 Å². The molecular weight excluding hydrogens is 514 g/mol. The molecule has 0 aliphatic heterocycles. The molecule has 11 heteroatoms. The van der Waals surface area contributed by atoms with Crippen molar-refractivity contribution in [3.8, 4) is 0 Å². The summed E-state index contributed by atoms with van der Waals surface area (Å²) < 4.78 is 5.02. The first-order valence-electron chi connectivity index (χ1n) is 11.9. The molecular formula is C27H34ClN3O7. The number of ketones is 1. The highest BCUT2D eigenvalue weighted by Crippen LogP contribution is 2.16. The molecule has 0 saturated carbocycles. The van der Waals surface area contributed by atoms with Crippen LogP contribution in [-0.4, -0.2) is 59.7 Å². The zero-order chi connectivity index (χ0) is 28.5. The number of alkyl carbamates (subject to hydrolysis) is 1. The smallest absolute Gasteiger partial charge is 0.407 e. The first kappa shape index (κ1) is 32.3. The number of rotatable bonds is 13. The summed E-state index contributed by atoms with van der Waals surface area (Å²) in [5.41, 5.74) is 7.62. The standard InChI is InChI=1S/C25H31N3O6.C2H3ClO/c1-16(2)12-20(26)23(30)19-11-7-6-10-18(19)13-21(24(31)32)28-22(29)14-27-25(33)34-15-17-8-4-3-5-9-17;3-1-2-4/h3-11,16,20-21H,12-15,26H2,1-2H3,(H,27,33)(H,28,29)(H,31,32);2H,1H2. The van der Waals surface area contributed by atoms with Crippen LogP contribution in [0, 0.1) is 5.92 Å². The van der Waals surface area contributed by atoms with Crippen molar-refractivity contribution in [3.05, 3.63) is 71.3 Å². The number of aldehydes is 1. The van der Waals surface area contributed by atoms with Gasteiger partial charge in [0.15, 0.2) is 5.78 Å². The van der Waals surface area contributed by atoms with E-state index < -0.39 is 36.6 Å². The molecule has 0 heterocycles. The summed E-state index contributed by atoms with van der Waals surface area (Å²) in [7, 11) is 0. The highest BCUT2D eigenvalue weighted by molar-refractivity contribution is 6.24. The fourth-order valence-electron chi connectivity index (χ4n) is 3.35. The van der Waals surface area contributed by atoms with Gasteiger partial charge in [0.25, 0.3) is 0 Å². The van der Waals surface area contributed by atoms with Gasteiger partial charge in [-0.05, 0) is 23.5 Å². The normalized spacial score (nSPS) is 11.8. The van der Waals surface area contributed by atoms with Crippen molar-refractivity contribution in [3.63, 3.8) is 0 Å². The topological polar surface area (TPSA) is 165 Å². The largest absolute Gasteiger partial charge is 0.480 e. The van der Waals surface area contributed by atoms with Gasteiger partial charge in [0.05, 0.1) is 11.9 Å². The van der Waals surface area contributed by atoms with Crippen LogP contribution in [0.1, 0.15) is 41.8 Å². The molecule has 2 amide bonds. The van der Waals surface area contributed by atoms with Gasteiger partial charge in [-0.15, -0.1) is 11.6 Å². The van der Waals surface area contributed by atoms with Gasteiger partial charge in [-0.2, -0.15) is 0 Å². The van der Waals surface area contributed by atoms with E-state index in [1.165, 1.54) is 0 Å². The van der Waals surface area contributed by atoms with Crippen molar-refractivity contribution in [2.45, 2.75) is 45.4 Å². The van der Waals surface area contributed by atoms with Crippen LogP contribution >= 0.6 is 11.6 Å². The van der Waals surface area contributed by atoms with Crippen molar-refractivity contribution in [1.29, 1.82) is 0 Å². The van der Waals surface area contributed by atoms with Gasteiger partial charge in [0.1, 0.15) is 25.5 Å². The predicted octanol–water partition coefficient (Wildman–Crippen LogP) is 2.71. The molecule has 206 valence electrons. The first-order chi connectivity index (χ1) is 18.1. The highest BCUT2D eigenvalue weighted by atomic mass is 35.5. The molecule has 0 aliphatic rings. The Kier molecular flexibility index (Phi) is 15.0. The lowest BCUT2D eigenvalue weighted by Gasteiger charge is -2.19. The maximum Gasteiger partial charge on any atom is 0.407 e. The quantitative estimate of drug-likeness (QED) is 0.169. The van der Waals surface area contributed by atoms with Crippen LogP contribution in [0.15, 0.2) is 54.6 Å². The Labute approximate surface area is 226 Å². The van der Waals surface area contributed by atoms with E-state index in [1.54, 1.807) is 48.5 Å². The number of amides is 2. The number of carbonyl (C=O) groups is 5. The number of alkyl halides is 1. The Bertz CT molecular complexity index is 1060. The summed E-state index contributed by atoms with van der Waals surface area (Å²) in [5.74, 6) is -1.91. The maximum atomic E-state index is 12.8. The van der Waals surface area contributed by atoms with Crippen LogP contribution in [0.3, 0.4) is 0 Å². The number of hydrogen-bond donors (Lipinski definition) is 4. The van der Waals surface area contributed by atoms with E-state index in [0.29, 0.717) is 23.8 Å². The van der Waals surface area contributed by atoms with Crippen LogP contribution in [0.2, 0.25) is 0 Å². The molecule has 10 nitrogen and oxygen atoms in total. The monoisotopic (exact) mass is 547 g/mol. The van der Waals surface area contributed by atoms with Crippen LogP contribution < -0.4 is 16.4 Å². The van der Waals surface area contributed by atoms with Crippen molar-refractivity contribution >= 4 is 41.6 Å². The molecule has 0 aliphatic carbocycles. The lowest BCUT2D eigenvalue weighted by Crippen LogP contribution is -2.46. The maximum absolute atomic E-state index is 12.8. The number of Topliss-reactive ketones (excluding diaryl/α,β-unsaturated/α-hetero) is 1. The van der Waals surface area contributed by atoms with Crippen LogP contribution in [0.25, 0.3) is 0 Å². The van der Waals surface area contributed by atoms with Gasteiger partial charge in [-0.1, -0.05) is 68.4 Å². The second kappa shape index (κ2) is 17.7. The zero-order valence-electron chi connectivity index (χ0n) is 21.4. The summed E-state index contributed by atoms with van der Waals surface area (Å²) in [6.07, 6.45) is 0.219. The number of nitrogens with two attached hydrogens (primary N) is 1. The number of hydrogen-bond acceptors (Lipinski definition) is 7. The molecule has 2 aromatic carbocycles. The third-order valence-corrected chi connectivity index (χ3v) is 5.20. The molecule has 5 N–H and O–H groups in total. The molecule has 0 spiro atoms. The summed E-state index contributed by atoms with van der Waals surface area (Å²) in [6, 6.07) is 13.6. The number of carboxylic acid groups (broad SMARTS) is 1. The van der Waals surface area contributed by atoms with E-state index in [9.17, 15) is 24.3 Å². The van der Waals surface area contributed by atoms with Gasteiger partial charge in [0.2, 0.25) is 5.91 Å². The number of ether oxygens (including phenoxy) is 1. The second-order valence-corrected chi connectivity index (χ2v) is 8.96. The third-order valence-electron chi connectivity index (χ3n) is 5.07. The minimum atomic E-state index is -1.30. The molecule has 2 unspecified atom stereocenters. The molecule has 2 rings (SSSR count). The number of carbonyl (C=O) groups excluding carboxylic acids is 4. The van der Waals surface area contributed by atoms with Crippen LogP contribution in [0.5, 0.6) is 0 Å².